The lowest BCUT2D eigenvalue weighted by Gasteiger charge is -2.23. The zero-order chi connectivity index (χ0) is 15.8. The molecule has 0 spiro atoms. The van der Waals surface area contributed by atoms with Gasteiger partial charge < -0.3 is 9.47 Å². The fraction of sp³-hybridized carbons (Fsp3) is 0.875. The topological polar surface area (TPSA) is 55.8 Å². The summed E-state index contributed by atoms with van der Waals surface area (Å²) in [6, 6.07) is -0.127. The zero-order valence-electron chi connectivity index (χ0n) is 13.8. The molecule has 122 valence electrons. The van der Waals surface area contributed by atoms with Gasteiger partial charge >= 0.3 is 6.09 Å². The van der Waals surface area contributed by atoms with Crippen LogP contribution in [0.1, 0.15) is 53.4 Å². The third-order valence-electron chi connectivity index (χ3n) is 3.86. The van der Waals surface area contributed by atoms with E-state index in [0.29, 0.717) is 19.6 Å². The van der Waals surface area contributed by atoms with E-state index in [1.807, 2.05) is 20.8 Å². The van der Waals surface area contributed by atoms with Crippen LogP contribution in [0.4, 0.5) is 4.79 Å². The minimum atomic E-state index is -0.495. The lowest BCUT2D eigenvalue weighted by Crippen LogP contribution is -2.42. The smallest absolute Gasteiger partial charge is 0.416 e. The summed E-state index contributed by atoms with van der Waals surface area (Å²) < 4.78 is 10.5. The van der Waals surface area contributed by atoms with Gasteiger partial charge in [0.25, 0.3) is 0 Å². The maximum absolute atomic E-state index is 12.3. The highest BCUT2D eigenvalue weighted by Gasteiger charge is 2.39. The fourth-order valence-corrected chi connectivity index (χ4v) is 2.34. The Labute approximate surface area is 128 Å². The predicted octanol–water partition coefficient (Wildman–Crippen LogP) is 3.22. The Balaban J connectivity index is 2.35. The zero-order valence-corrected chi connectivity index (χ0v) is 13.8. The molecule has 2 atom stereocenters. The van der Waals surface area contributed by atoms with Crippen LogP contribution in [0.15, 0.2) is 0 Å². The van der Waals surface area contributed by atoms with E-state index in [0.717, 1.165) is 25.9 Å². The van der Waals surface area contributed by atoms with Gasteiger partial charge in [-0.3, -0.25) is 4.79 Å². The first kappa shape index (κ1) is 18.0. The molecule has 0 unspecified atom stereocenters. The minimum absolute atomic E-state index is 0.127. The summed E-state index contributed by atoms with van der Waals surface area (Å²) in [6.45, 7) is 9.92. The van der Waals surface area contributed by atoms with E-state index in [1.54, 1.807) is 0 Å². The quantitative estimate of drug-likeness (QED) is 0.613. The van der Waals surface area contributed by atoms with Gasteiger partial charge in [-0.2, -0.15) is 0 Å². The Morgan fingerprint density at radius 3 is 2.71 bits per heavy atom. The molecule has 5 nitrogen and oxygen atoms in total. The monoisotopic (exact) mass is 299 g/mol. The van der Waals surface area contributed by atoms with E-state index in [-0.39, 0.29) is 23.8 Å². The van der Waals surface area contributed by atoms with Crippen LogP contribution in [0.2, 0.25) is 0 Å². The molecule has 21 heavy (non-hydrogen) atoms. The summed E-state index contributed by atoms with van der Waals surface area (Å²) in [5, 5.41) is 0. The minimum Gasteiger partial charge on any atom is -0.447 e. The molecule has 1 aliphatic heterocycles. The summed E-state index contributed by atoms with van der Waals surface area (Å²) in [5.74, 6) is 0.297. The van der Waals surface area contributed by atoms with Gasteiger partial charge in [-0.1, -0.05) is 34.1 Å². The van der Waals surface area contributed by atoms with E-state index < -0.39 is 6.09 Å². The first-order valence-corrected chi connectivity index (χ1v) is 8.03. The molecule has 0 saturated carbocycles. The molecule has 0 bridgehead atoms. The number of carbonyl (C=O) groups excluding carboxylic acids is 2. The predicted molar refractivity (Wildman–Crippen MR) is 80.9 cm³/mol. The largest absolute Gasteiger partial charge is 0.447 e. The second kappa shape index (κ2) is 9.03. The Morgan fingerprint density at radius 1 is 1.38 bits per heavy atom. The van der Waals surface area contributed by atoms with Crippen LogP contribution in [0.3, 0.4) is 0 Å². The van der Waals surface area contributed by atoms with Crippen LogP contribution in [-0.2, 0) is 14.3 Å². The van der Waals surface area contributed by atoms with E-state index in [2.05, 4.69) is 6.92 Å². The SMILES string of the molecule is CCCCOCC[C@H](C)CC(=O)N1C(=O)OC[C@@H]1C(C)C. The summed E-state index contributed by atoms with van der Waals surface area (Å²) in [5.41, 5.74) is 0. The molecule has 0 aliphatic carbocycles. The van der Waals surface area contributed by atoms with Gasteiger partial charge in [-0.15, -0.1) is 0 Å². The summed E-state index contributed by atoms with van der Waals surface area (Å²) >= 11 is 0. The van der Waals surface area contributed by atoms with E-state index in [1.165, 1.54) is 4.90 Å². The highest BCUT2D eigenvalue weighted by Crippen LogP contribution is 2.22. The van der Waals surface area contributed by atoms with Crippen LogP contribution in [0, 0.1) is 11.8 Å². The highest BCUT2D eigenvalue weighted by molar-refractivity contribution is 5.93. The molecule has 0 aromatic heterocycles. The number of ether oxygens (including phenoxy) is 2. The van der Waals surface area contributed by atoms with Crippen molar-refractivity contribution >= 4 is 12.0 Å². The average molecular weight is 299 g/mol. The average Bonchev–Trinajstić information content (AvgIpc) is 2.80. The second-order valence-corrected chi connectivity index (χ2v) is 6.22. The molecule has 2 amide bonds. The van der Waals surface area contributed by atoms with Crippen molar-refractivity contribution in [2.75, 3.05) is 19.8 Å². The van der Waals surface area contributed by atoms with Crippen molar-refractivity contribution in [3.8, 4) is 0 Å². The molecule has 1 heterocycles. The van der Waals surface area contributed by atoms with Gasteiger partial charge in [-0.05, 0) is 24.7 Å². The highest BCUT2D eigenvalue weighted by atomic mass is 16.6. The Morgan fingerprint density at radius 2 is 2.10 bits per heavy atom. The molecular formula is C16H29NO4. The lowest BCUT2D eigenvalue weighted by molar-refractivity contribution is -0.130. The van der Waals surface area contributed by atoms with Crippen molar-refractivity contribution in [1.29, 1.82) is 0 Å². The van der Waals surface area contributed by atoms with Gasteiger partial charge in [0.1, 0.15) is 6.61 Å². The van der Waals surface area contributed by atoms with Crippen molar-refractivity contribution < 1.29 is 19.1 Å². The molecule has 1 fully saturated rings. The normalized spacial score (nSPS) is 20.0. The van der Waals surface area contributed by atoms with Gasteiger partial charge in [0, 0.05) is 19.6 Å². The van der Waals surface area contributed by atoms with Crippen LogP contribution in [0.5, 0.6) is 0 Å². The summed E-state index contributed by atoms with van der Waals surface area (Å²) in [6.07, 6.45) is 2.91. The Bertz CT molecular complexity index is 343. The lowest BCUT2D eigenvalue weighted by atomic mass is 10.0. The molecular weight excluding hydrogens is 270 g/mol. The summed E-state index contributed by atoms with van der Waals surface area (Å²) in [4.78, 5) is 25.3. The maximum Gasteiger partial charge on any atom is 0.416 e. The van der Waals surface area contributed by atoms with Gasteiger partial charge in [-0.25, -0.2) is 9.69 Å². The molecule has 5 heteroatoms. The first-order chi connectivity index (χ1) is 9.97. The van der Waals surface area contributed by atoms with Gasteiger partial charge in [0.15, 0.2) is 0 Å². The third-order valence-corrected chi connectivity index (χ3v) is 3.86. The number of unbranched alkanes of at least 4 members (excludes halogenated alkanes) is 1. The number of imide groups is 1. The molecule has 1 aliphatic rings. The number of carbonyl (C=O) groups is 2. The molecule has 1 saturated heterocycles. The third kappa shape index (κ3) is 5.65. The summed E-state index contributed by atoms with van der Waals surface area (Å²) in [7, 11) is 0. The van der Waals surface area contributed by atoms with Crippen molar-refractivity contribution in [2.24, 2.45) is 11.8 Å². The van der Waals surface area contributed by atoms with Crippen molar-refractivity contribution in [1.82, 2.24) is 4.90 Å². The van der Waals surface area contributed by atoms with Crippen LogP contribution in [-0.4, -0.2) is 42.8 Å². The van der Waals surface area contributed by atoms with E-state index in [9.17, 15) is 9.59 Å². The first-order valence-electron chi connectivity index (χ1n) is 8.03. The Hall–Kier alpha value is -1.10. The fourth-order valence-electron chi connectivity index (χ4n) is 2.34. The number of amides is 2. The number of cyclic esters (lactones) is 1. The maximum atomic E-state index is 12.3. The number of hydrogen-bond acceptors (Lipinski definition) is 4. The molecule has 0 radical (unpaired) electrons. The molecule has 0 aromatic carbocycles. The van der Waals surface area contributed by atoms with Crippen molar-refractivity contribution in [3.05, 3.63) is 0 Å². The van der Waals surface area contributed by atoms with Crippen molar-refractivity contribution in [3.63, 3.8) is 0 Å². The molecule has 1 rings (SSSR count). The van der Waals surface area contributed by atoms with Crippen molar-refractivity contribution in [2.45, 2.75) is 59.4 Å². The standard InChI is InChI=1S/C16H29NO4/c1-5-6-8-20-9-7-13(4)10-15(18)17-14(12(2)3)11-21-16(17)19/h12-14H,5-11H2,1-4H3/t13-,14+/m0/s1. The van der Waals surface area contributed by atoms with Gasteiger partial charge in [0.05, 0.1) is 6.04 Å². The van der Waals surface area contributed by atoms with Crippen LogP contribution < -0.4 is 0 Å². The van der Waals surface area contributed by atoms with E-state index in [4.69, 9.17) is 9.47 Å². The molecule has 0 aromatic rings. The molecule has 0 N–H and O–H groups in total. The van der Waals surface area contributed by atoms with E-state index >= 15 is 0 Å². The van der Waals surface area contributed by atoms with Crippen LogP contribution in [0.25, 0.3) is 0 Å². The Kier molecular flexibility index (Phi) is 7.72. The number of rotatable bonds is 9. The number of hydrogen-bond donors (Lipinski definition) is 0. The second-order valence-electron chi connectivity index (χ2n) is 6.22. The number of nitrogens with zero attached hydrogens (tertiary/aromatic N) is 1. The van der Waals surface area contributed by atoms with Crippen LogP contribution >= 0.6 is 0 Å². The van der Waals surface area contributed by atoms with Gasteiger partial charge in [0.2, 0.25) is 5.91 Å².